The van der Waals surface area contributed by atoms with Gasteiger partial charge in [-0.2, -0.15) is 0 Å². The van der Waals surface area contributed by atoms with Crippen LogP contribution in [-0.4, -0.2) is 16.9 Å². The molecular weight excluding hydrogens is 428 g/mol. The summed E-state index contributed by atoms with van der Waals surface area (Å²) in [4.78, 5) is 27.5. The van der Waals surface area contributed by atoms with Crippen LogP contribution in [0.4, 0.5) is 5.69 Å². The second-order valence-corrected chi connectivity index (χ2v) is 7.77. The van der Waals surface area contributed by atoms with Gasteiger partial charge in [0.15, 0.2) is 5.11 Å². The summed E-state index contributed by atoms with van der Waals surface area (Å²) in [5, 5.41) is 4.95. The minimum Gasteiger partial charge on any atom is -0.456 e. The summed E-state index contributed by atoms with van der Waals surface area (Å²) in [6.07, 6.45) is 1.52. The summed E-state index contributed by atoms with van der Waals surface area (Å²) in [5.74, 6) is 0.152. The molecule has 29 heavy (non-hydrogen) atoms. The summed E-state index contributed by atoms with van der Waals surface area (Å²) in [5.41, 5.74) is 0.483. The Hall–Kier alpha value is -3.00. The van der Waals surface area contributed by atoms with Gasteiger partial charge in [-0.05, 0) is 66.1 Å². The van der Waals surface area contributed by atoms with Crippen molar-refractivity contribution in [1.29, 1.82) is 0 Å². The van der Waals surface area contributed by atoms with Crippen molar-refractivity contribution in [3.05, 3.63) is 81.5 Å². The molecule has 0 unspecified atom stereocenters. The van der Waals surface area contributed by atoms with Crippen molar-refractivity contribution < 1.29 is 14.3 Å². The smallest absolute Gasteiger partial charge is 0.270 e. The largest absolute Gasteiger partial charge is 0.456 e. The van der Waals surface area contributed by atoms with Gasteiger partial charge in [-0.3, -0.25) is 19.8 Å². The van der Waals surface area contributed by atoms with Crippen LogP contribution >= 0.6 is 35.2 Å². The number of thiocarbonyl (C=S) groups is 1. The van der Waals surface area contributed by atoms with E-state index < -0.39 is 11.8 Å². The van der Waals surface area contributed by atoms with Gasteiger partial charge in [0.25, 0.3) is 11.8 Å². The first kappa shape index (κ1) is 19.3. The molecule has 2 amide bonds. The van der Waals surface area contributed by atoms with Gasteiger partial charge in [-0.1, -0.05) is 29.8 Å². The van der Waals surface area contributed by atoms with Gasteiger partial charge in [0.2, 0.25) is 0 Å². The second-order valence-electron chi connectivity index (χ2n) is 6.00. The normalized spacial score (nSPS) is 15.6. The van der Waals surface area contributed by atoms with Gasteiger partial charge in [0.1, 0.15) is 17.1 Å². The molecule has 3 aromatic rings. The lowest BCUT2D eigenvalue weighted by Gasteiger charge is -2.28. The van der Waals surface area contributed by atoms with E-state index in [1.807, 2.05) is 35.7 Å². The van der Waals surface area contributed by atoms with Gasteiger partial charge < -0.3 is 4.74 Å². The maximum atomic E-state index is 13.1. The van der Waals surface area contributed by atoms with Crippen molar-refractivity contribution in [3.63, 3.8) is 0 Å². The fourth-order valence-corrected chi connectivity index (χ4v) is 3.88. The summed E-state index contributed by atoms with van der Waals surface area (Å²) < 4.78 is 5.88. The number of hydrogen-bond donors (Lipinski definition) is 1. The van der Waals surface area contributed by atoms with Gasteiger partial charge in [0.05, 0.1) is 10.6 Å². The molecule has 1 fully saturated rings. The first-order valence-electron chi connectivity index (χ1n) is 8.50. The molecule has 0 atom stereocenters. The number of ether oxygens (including phenoxy) is 1. The van der Waals surface area contributed by atoms with Gasteiger partial charge >= 0.3 is 0 Å². The van der Waals surface area contributed by atoms with Crippen molar-refractivity contribution in [2.45, 2.75) is 0 Å². The average molecular weight is 441 g/mol. The number of nitrogens with zero attached hydrogens (tertiary/aromatic N) is 1. The highest BCUT2D eigenvalue weighted by Crippen LogP contribution is 2.32. The van der Waals surface area contributed by atoms with E-state index >= 15 is 0 Å². The molecule has 4 rings (SSSR count). The van der Waals surface area contributed by atoms with Crippen molar-refractivity contribution in [1.82, 2.24) is 5.32 Å². The Balaban J connectivity index is 1.67. The molecule has 1 saturated heterocycles. The average Bonchev–Trinajstić information content (AvgIpc) is 3.14. The first-order valence-corrected chi connectivity index (χ1v) is 10.2. The van der Waals surface area contributed by atoms with Crippen LogP contribution in [0.3, 0.4) is 0 Å². The van der Waals surface area contributed by atoms with Crippen molar-refractivity contribution in [2.24, 2.45) is 0 Å². The number of hydrogen-bond acceptors (Lipinski definition) is 5. The zero-order valence-corrected chi connectivity index (χ0v) is 17.2. The summed E-state index contributed by atoms with van der Waals surface area (Å²) in [6.45, 7) is 0. The molecule has 2 aromatic carbocycles. The van der Waals surface area contributed by atoms with Crippen LogP contribution in [0.25, 0.3) is 6.08 Å². The lowest BCUT2D eigenvalue weighted by molar-refractivity contribution is -0.122. The quantitative estimate of drug-likeness (QED) is 0.351. The molecular formula is C21H13ClN2O3S2. The van der Waals surface area contributed by atoms with Crippen LogP contribution < -0.4 is 15.0 Å². The van der Waals surface area contributed by atoms with Crippen LogP contribution in [-0.2, 0) is 9.59 Å². The number of thiophene rings is 1. The maximum absolute atomic E-state index is 13.1. The molecule has 0 spiro atoms. The zero-order chi connectivity index (χ0) is 20.4. The monoisotopic (exact) mass is 440 g/mol. The van der Waals surface area contributed by atoms with Crippen molar-refractivity contribution in [3.8, 4) is 11.5 Å². The number of anilines is 1. The van der Waals surface area contributed by atoms with Gasteiger partial charge in [0, 0.05) is 5.02 Å². The van der Waals surface area contributed by atoms with Gasteiger partial charge in [-0.15, -0.1) is 11.3 Å². The molecule has 5 nitrogen and oxygen atoms in total. The summed E-state index contributed by atoms with van der Waals surface area (Å²) >= 11 is 12.5. The predicted molar refractivity (Wildman–Crippen MR) is 118 cm³/mol. The number of halogens is 1. The summed E-state index contributed by atoms with van der Waals surface area (Å²) in [6, 6.07) is 17.7. The lowest BCUT2D eigenvalue weighted by Crippen LogP contribution is -2.54. The molecule has 2 heterocycles. The van der Waals surface area contributed by atoms with Crippen molar-refractivity contribution >= 4 is 63.8 Å². The molecule has 0 radical (unpaired) electrons. The highest BCUT2D eigenvalue weighted by Gasteiger charge is 2.34. The predicted octanol–water partition coefficient (Wildman–Crippen LogP) is 5.03. The van der Waals surface area contributed by atoms with Crippen molar-refractivity contribution in [2.75, 3.05) is 4.90 Å². The lowest BCUT2D eigenvalue weighted by atomic mass is 10.1. The highest BCUT2D eigenvalue weighted by atomic mass is 35.5. The first-order chi connectivity index (χ1) is 14.0. The zero-order valence-electron chi connectivity index (χ0n) is 14.8. The van der Waals surface area contributed by atoms with Crippen LogP contribution in [0, 0.1) is 0 Å². The fourth-order valence-electron chi connectivity index (χ4n) is 2.73. The Morgan fingerprint density at radius 1 is 1.03 bits per heavy atom. The standard InChI is InChI=1S/C21H13ClN2O3S2/c22-13-6-8-14(9-7-13)24-20(26)16(19(25)23-21(24)28)12-18-17(10-11-29-18)27-15-4-2-1-3-5-15/h1-12H,(H,23,25,28)/b16-12+. The molecule has 1 aliphatic heterocycles. The van der Waals surface area contributed by atoms with Crippen LogP contribution in [0.15, 0.2) is 71.6 Å². The van der Waals surface area contributed by atoms with Crippen LogP contribution in [0.5, 0.6) is 11.5 Å². The van der Waals surface area contributed by atoms with E-state index in [0.717, 1.165) is 0 Å². The third-order valence-corrected chi connectivity index (χ3v) is 5.47. The molecule has 0 bridgehead atoms. The van der Waals surface area contributed by atoms with Gasteiger partial charge in [-0.25, -0.2) is 0 Å². The third kappa shape index (κ3) is 4.07. The van der Waals surface area contributed by atoms with E-state index in [1.165, 1.54) is 22.3 Å². The number of benzene rings is 2. The molecule has 0 aliphatic carbocycles. The molecule has 8 heteroatoms. The summed E-state index contributed by atoms with van der Waals surface area (Å²) in [7, 11) is 0. The maximum Gasteiger partial charge on any atom is 0.270 e. The molecule has 1 N–H and O–H groups in total. The SMILES string of the molecule is O=C1NC(=S)N(c2ccc(Cl)cc2)C(=O)/C1=C/c1sccc1Oc1ccccc1. The number of amides is 2. The molecule has 1 aromatic heterocycles. The molecule has 144 valence electrons. The Kier molecular flexibility index (Phi) is 5.44. The number of nitrogens with one attached hydrogen (secondary N) is 1. The van der Waals surface area contributed by atoms with E-state index in [-0.39, 0.29) is 10.7 Å². The highest BCUT2D eigenvalue weighted by molar-refractivity contribution is 7.80. The van der Waals surface area contributed by atoms with E-state index in [4.69, 9.17) is 28.6 Å². The number of carbonyl (C=O) groups is 2. The Morgan fingerprint density at radius 3 is 2.48 bits per heavy atom. The fraction of sp³-hybridized carbons (Fsp3) is 0. The topological polar surface area (TPSA) is 58.6 Å². The van der Waals surface area contributed by atoms with E-state index in [0.29, 0.717) is 27.1 Å². The van der Waals surface area contributed by atoms with E-state index in [2.05, 4.69) is 5.32 Å². The second kappa shape index (κ2) is 8.16. The van der Waals surface area contributed by atoms with E-state index in [1.54, 1.807) is 30.3 Å². The Morgan fingerprint density at radius 2 is 1.76 bits per heavy atom. The minimum atomic E-state index is -0.552. The van der Waals surface area contributed by atoms with Crippen LogP contribution in [0.2, 0.25) is 5.02 Å². The number of rotatable bonds is 4. The Bertz CT molecular complexity index is 1120. The number of carbonyl (C=O) groups excluding carboxylic acids is 2. The molecule has 1 aliphatic rings. The third-order valence-electron chi connectivity index (χ3n) is 4.09. The molecule has 0 saturated carbocycles. The van der Waals surface area contributed by atoms with E-state index in [9.17, 15) is 9.59 Å². The van der Waals surface area contributed by atoms with Crippen LogP contribution in [0.1, 0.15) is 4.88 Å². The minimum absolute atomic E-state index is 0.0198. The Labute approximate surface area is 181 Å². The number of para-hydroxylation sites is 1.